The maximum atomic E-state index is 2.68. The van der Waals surface area contributed by atoms with Gasteiger partial charge in [-0.25, -0.2) is 0 Å². The van der Waals surface area contributed by atoms with E-state index < -0.39 is 0 Å². The van der Waals surface area contributed by atoms with Crippen LogP contribution in [0.25, 0.3) is 0 Å². The van der Waals surface area contributed by atoms with Crippen LogP contribution in [0, 0.1) is 17.3 Å². The monoisotopic (exact) mass is 239 g/mol. The van der Waals surface area contributed by atoms with Gasteiger partial charge in [0.1, 0.15) is 0 Å². The van der Waals surface area contributed by atoms with Gasteiger partial charge < -0.3 is 0 Å². The highest BCUT2D eigenvalue weighted by molar-refractivity contribution is 4.84. The molecule has 0 aromatic rings. The Bertz CT molecular complexity index is 229. The van der Waals surface area contributed by atoms with Gasteiger partial charge in [0.25, 0.3) is 0 Å². The molecule has 1 heteroatoms. The fraction of sp³-hybridized carbons (Fsp3) is 1.00. The van der Waals surface area contributed by atoms with Crippen molar-refractivity contribution in [2.24, 2.45) is 17.3 Å². The number of nitrogens with zero attached hydrogens (tertiary/aromatic N) is 1. The lowest BCUT2D eigenvalue weighted by atomic mass is 9.75. The highest BCUT2D eigenvalue weighted by Crippen LogP contribution is 2.34. The molecule has 0 aromatic carbocycles. The molecular weight excluding hydrogens is 206 g/mol. The van der Waals surface area contributed by atoms with Gasteiger partial charge in [-0.2, -0.15) is 0 Å². The molecule has 0 saturated carbocycles. The Morgan fingerprint density at radius 1 is 1.12 bits per heavy atom. The number of rotatable bonds is 2. The first-order valence-electron chi connectivity index (χ1n) is 7.36. The van der Waals surface area contributed by atoms with E-state index in [1.807, 2.05) is 0 Å². The van der Waals surface area contributed by atoms with Crippen molar-refractivity contribution < 1.29 is 0 Å². The van der Waals surface area contributed by atoms with Crippen molar-refractivity contribution in [1.29, 1.82) is 0 Å². The minimum atomic E-state index is 0.351. The normalized spacial score (nSPS) is 25.9. The summed E-state index contributed by atoms with van der Waals surface area (Å²) in [6.07, 6.45) is 4.22. The molecule has 0 aliphatic carbocycles. The van der Waals surface area contributed by atoms with E-state index in [1.165, 1.54) is 32.4 Å². The lowest BCUT2D eigenvalue weighted by Crippen LogP contribution is -2.47. The lowest BCUT2D eigenvalue weighted by Gasteiger charge is -2.43. The van der Waals surface area contributed by atoms with Gasteiger partial charge in [-0.15, -0.1) is 0 Å². The van der Waals surface area contributed by atoms with Crippen LogP contribution in [-0.2, 0) is 0 Å². The van der Waals surface area contributed by atoms with E-state index in [0.717, 1.165) is 11.8 Å². The minimum Gasteiger partial charge on any atom is -0.298 e. The Morgan fingerprint density at radius 3 is 2.18 bits per heavy atom. The van der Waals surface area contributed by atoms with Crippen molar-refractivity contribution in [3.8, 4) is 0 Å². The van der Waals surface area contributed by atoms with Gasteiger partial charge in [0, 0.05) is 12.1 Å². The van der Waals surface area contributed by atoms with Gasteiger partial charge in [0.05, 0.1) is 0 Å². The van der Waals surface area contributed by atoms with Gasteiger partial charge >= 0.3 is 0 Å². The van der Waals surface area contributed by atoms with Crippen LogP contribution in [0.2, 0.25) is 0 Å². The second-order valence-electron chi connectivity index (χ2n) is 8.13. The van der Waals surface area contributed by atoms with E-state index in [-0.39, 0.29) is 0 Å². The Morgan fingerprint density at radius 2 is 1.71 bits per heavy atom. The number of likely N-dealkylation sites (tertiary alicyclic amines) is 1. The van der Waals surface area contributed by atoms with Crippen LogP contribution in [0.15, 0.2) is 0 Å². The second kappa shape index (κ2) is 5.30. The van der Waals surface area contributed by atoms with Crippen molar-refractivity contribution in [1.82, 2.24) is 4.90 Å². The number of hydrogen-bond donors (Lipinski definition) is 0. The summed E-state index contributed by atoms with van der Waals surface area (Å²) in [7, 11) is 0. The van der Waals surface area contributed by atoms with Gasteiger partial charge in [0.2, 0.25) is 0 Å². The SMILES string of the molecule is CC(CC1CCCN(C(C)(C)C)C1)C(C)(C)C. The van der Waals surface area contributed by atoms with E-state index in [2.05, 4.69) is 53.4 Å². The van der Waals surface area contributed by atoms with Gasteiger partial charge in [-0.1, -0.05) is 27.7 Å². The Hall–Kier alpha value is -0.0400. The molecule has 17 heavy (non-hydrogen) atoms. The Kier molecular flexibility index (Phi) is 4.68. The van der Waals surface area contributed by atoms with E-state index in [0.29, 0.717) is 11.0 Å². The molecule has 1 rings (SSSR count). The van der Waals surface area contributed by atoms with Crippen molar-refractivity contribution in [3.05, 3.63) is 0 Å². The fourth-order valence-electron chi connectivity index (χ4n) is 2.72. The average Bonchev–Trinajstić information content (AvgIpc) is 2.15. The van der Waals surface area contributed by atoms with Crippen molar-refractivity contribution in [2.75, 3.05) is 13.1 Å². The van der Waals surface area contributed by atoms with Crippen LogP contribution >= 0.6 is 0 Å². The summed E-state index contributed by atoms with van der Waals surface area (Å²) in [4.78, 5) is 2.68. The molecule has 102 valence electrons. The minimum absolute atomic E-state index is 0.351. The summed E-state index contributed by atoms with van der Waals surface area (Å²) in [5.41, 5.74) is 0.813. The van der Waals surface area contributed by atoms with Crippen LogP contribution in [0.4, 0.5) is 0 Å². The van der Waals surface area contributed by atoms with E-state index >= 15 is 0 Å². The molecule has 2 unspecified atom stereocenters. The largest absolute Gasteiger partial charge is 0.298 e. The van der Waals surface area contributed by atoms with Crippen LogP contribution in [0.3, 0.4) is 0 Å². The van der Waals surface area contributed by atoms with Crippen molar-refractivity contribution in [3.63, 3.8) is 0 Å². The summed E-state index contributed by atoms with van der Waals surface area (Å²) in [5, 5.41) is 0. The molecule has 1 saturated heterocycles. The topological polar surface area (TPSA) is 3.24 Å². The summed E-state index contributed by atoms with van der Waals surface area (Å²) in [6, 6.07) is 0. The first-order chi connectivity index (χ1) is 7.60. The van der Waals surface area contributed by atoms with Crippen LogP contribution in [-0.4, -0.2) is 23.5 Å². The molecular formula is C16H33N. The van der Waals surface area contributed by atoms with Gasteiger partial charge in [0.15, 0.2) is 0 Å². The molecule has 1 fully saturated rings. The summed E-state index contributed by atoms with van der Waals surface area (Å²) < 4.78 is 0. The molecule has 0 radical (unpaired) electrons. The van der Waals surface area contributed by atoms with Gasteiger partial charge in [-0.05, 0) is 63.8 Å². The lowest BCUT2D eigenvalue weighted by molar-refractivity contribution is 0.0627. The molecule has 0 spiro atoms. The molecule has 1 aliphatic rings. The molecule has 1 aliphatic heterocycles. The first-order valence-corrected chi connectivity index (χ1v) is 7.36. The quantitative estimate of drug-likeness (QED) is 0.682. The summed E-state index contributed by atoms with van der Waals surface area (Å²) in [5.74, 6) is 1.74. The highest BCUT2D eigenvalue weighted by atomic mass is 15.2. The maximum Gasteiger partial charge on any atom is 0.0125 e. The molecule has 2 atom stereocenters. The molecule has 0 N–H and O–H groups in total. The molecule has 1 heterocycles. The van der Waals surface area contributed by atoms with Gasteiger partial charge in [-0.3, -0.25) is 4.90 Å². The van der Waals surface area contributed by atoms with Crippen LogP contribution in [0.1, 0.15) is 67.7 Å². The third-order valence-corrected chi connectivity index (χ3v) is 4.63. The molecule has 1 nitrogen and oxygen atoms in total. The predicted molar refractivity (Wildman–Crippen MR) is 77.3 cm³/mol. The average molecular weight is 239 g/mol. The van der Waals surface area contributed by atoms with Crippen molar-refractivity contribution in [2.45, 2.75) is 73.3 Å². The second-order valence-corrected chi connectivity index (χ2v) is 8.13. The number of piperidine rings is 1. The third kappa shape index (κ3) is 4.62. The number of hydrogen-bond acceptors (Lipinski definition) is 1. The Balaban J connectivity index is 2.51. The summed E-state index contributed by atoms with van der Waals surface area (Å²) in [6.45, 7) is 19.2. The van der Waals surface area contributed by atoms with Crippen molar-refractivity contribution >= 4 is 0 Å². The highest BCUT2D eigenvalue weighted by Gasteiger charge is 2.30. The zero-order chi connectivity index (χ0) is 13.3. The molecule has 0 amide bonds. The van der Waals surface area contributed by atoms with Crippen LogP contribution in [0.5, 0.6) is 0 Å². The third-order valence-electron chi connectivity index (χ3n) is 4.63. The van der Waals surface area contributed by atoms with E-state index in [4.69, 9.17) is 0 Å². The predicted octanol–water partition coefficient (Wildman–Crippen LogP) is 4.57. The molecule has 0 aromatic heterocycles. The summed E-state index contributed by atoms with van der Waals surface area (Å²) >= 11 is 0. The van der Waals surface area contributed by atoms with E-state index in [9.17, 15) is 0 Å². The van der Waals surface area contributed by atoms with E-state index in [1.54, 1.807) is 0 Å². The standard InChI is InChI=1S/C16H33N/c1-13(15(2,3)4)11-14-9-8-10-17(12-14)16(5,6)7/h13-14H,8-12H2,1-7H3. The zero-order valence-electron chi connectivity index (χ0n) is 13.1. The smallest absolute Gasteiger partial charge is 0.0125 e. The fourth-order valence-corrected chi connectivity index (χ4v) is 2.72. The zero-order valence-corrected chi connectivity index (χ0v) is 13.1. The maximum absolute atomic E-state index is 2.68. The molecule has 0 bridgehead atoms. The first kappa shape index (κ1) is 15.0. The Labute approximate surface area is 109 Å². The van der Waals surface area contributed by atoms with Crippen LogP contribution < -0.4 is 0 Å².